The van der Waals surface area contributed by atoms with Crippen LogP contribution in [-0.4, -0.2) is 37.0 Å². The molecule has 1 aromatic carbocycles. The van der Waals surface area contributed by atoms with Gasteiger partial charge in [0.2, 0.25) is 0 Å². The van der Waals surface area contributed by atoms with E-state index in [1.54, 1.807) is 14.0 Å². The van der Waals surface area contributed by atoms with E-state index >= 15 is 0 Å². The average Bonchev–Trinajstić information content (AvgIpc) is 2.37. The third-order valence-electron chi connectivity index (χ3n) is 2.44. The lowest BCUT2D eigenvalue weighted by Crippen LogP contribution is -2.31. The lowest BCUT2D eigenvalue weighted by atomic mass is 10.2. The molecule has 0 fully saturated rings. The fraction of sp³-hybridized carbons (Fsp3) is 0.333. The first-order valence-corrected chi connectivity index (χ1v) is 5.41. The van der Waals surface area contributed by atoms with Gasteiger partial charge in [0, 0.05) is 19.3 Å². The number of nitrogen functional groups attached to an aromatic ring is 1. The SMILES string of the molecule is CCN(C)C(=O)COC(=O)c1cc(N)ccc1F. The first-order chi connectivity index (χ1) is 8.45. The van der Waals surface area contributed by atoms with Gasteiger partial charge in [-0.25, -0.2) is 9.18 Å². The maximum atomic E-state index is 13.3. The number of halogens is 1. The second kappa shape index (κ2) is 6.00. The zero-order chi connectivity index (χ0) is 13.7. The van der Waals surface area contributed by atoms with Crippen LogP contribution >= 0.6 is 0 Å². The predicted molar refractivity (Wildman–Crippen MR) is 64.4 cm³/mol. The molecule has 0 aliphatic heterocycles. The van der Waals surface area contributed by atoms with Gasteiger partial charge in [-0.1, -0.05) is 0 Å². The van der Waals surface area contributed by atoms with Crippen LogP contribution in [0.2, 0.25) is 0 Å². The molecule has 0 atom stereocenters. The number of nitrogens with zero attached hydrogens (tertiary/aromatic N) is 1. The van der Waals surface area contributed by atoms with Crippen LogP contribution < -0.4 is 5.73 Å². The summed E-state index contributed by atoms with van der Waals surface area (Å²) in [6.45, 7) is 1.87. The van der Waals surface area contributed by atoms with Crippen molar-refractivity contribution in [2.75, 3.05) is 25.9 Å². The average molecular weight is 254 g/mol. The van der Waals surface area contributed by atoms with Crippen molar-refractivity contribution in [1.29, 1.82) is 0 Å². The number of amides is 1. The second-order valence-electron chi connectivity index (χ2n) is 3.72. The van der Waals surface area contributed by atoms with E-state index in [2.05, 4.69) is 0 Å². The Morgan fingerprint density at radius 1 is 1.44 bits per heavy atom. The molecule has 5 nitrogen and oxygen atoms in total. The number of carbonyl (C=O) groups excluding carboxylic acids is 2. The van der Waals surface area contributed by atoms with Crippen LogP contribution in [0.15, 0.2) is 18.2 Å². The van der Waals surface area contributed by atoms with E-state index in [4.69, 9.17) is 10.5 Å². The minimum Gasteiger partial charge on any atom is -0.452 e. The fourth-order valence-electron chi connectivity index (χ4n) is 1.19. The summed E-state index contributed by atoms with van der Waals surface area (Å²) in [5, 5.41) is 0. The molecule has 18 heavy (non-hydrogen) atoms. The summed E-state index contributed by atoms with van der Waals surface area (Å²) in [6, 6.07) is 3.58. The summed E-state index contributed by atoms with van der Waals surface area (Å²) in [4.78, 5) is 24.3. The Labute approximate surface area is 104 Å². The molecule has 0 saturated heterocycles. The van der Waals surface area contributed by atoms with Crippen molar-refractivity contribution < 1.29 is 18.7 Å². The Hall–Kier alpha value is -2.11. The zero-order valence-electron chi connectivity index (χ0n) is 10.3. The molecule has 1 amide bonds. The fourth-order valence-corrected chi connectivity index (χ4v) is 1.19. The number of esters is 1. The molecule has 1 aromatic rings. The summed E-state index contributed by atoms with van der Waals surface area (Å²) >= 11 is 0. The van der Waals surface area contributed by atoms with E-state index < -0.39 is 18.4 Å². The minimum atomic E-state index is -0.905. The van der Waals surface area contributed by atoms with Crippen LogP contribution in [0.5, 0.6) is 0 Å². The van der Waals surface area contributed by atoms with Gasteiger partial charge in [-0.15, -0.1) is 0 Å². The van der Waals surface area contributed by atoms with Crippen LogP contribution in [0, 0.1) is 5.82 Å². The molecule has 2 N–H and O–H groups in total. The number of ether oxygens (including phenoxy) is 1. The van der Waals surface area contributed by atoms with Crippen LogP contribution in [0.1, 0.15) is 17.3 Å². The number of likely N-dealkylation sites (N-methyl/N-ethyl adjacent to an activating group) is 1. The zero-order valence-corrected chi connectivity index (χ0v) is 10.3. The summed E-state index contributed by atoms with van der Waals surface area (Å²) < 4.78 is 18.0. The van der Waals surface area contributed by atoms with Gasteiger partial charge in [0.05, 0.1) is 5.56 Å². The number of hydrogen-bond acceptors (Lipinski definition) is 4. The first kappa shape index (κ1) is 14.0. The Kier molecular flexibility index (Phi) is 4.65. The van der Waals surface area contributed by atoms with Crippen LogP contribution in [-0.2, 0) is 9.53 Å². The molecule has 6 heteroatoms. The molecule has 1 rings (SSSR count). The molecule has 0 bridgehead atoms. The van der Waals surface area contributed by atoms with E-state index in [1.807, 2.05) is 0 Å². The van der Waals surface area contributed by atoms with Crippen molar-refractivity contribution in [2.45, 2.75) is 6.92 Å². The number of hydrogen-bond donors (Lipinski definition) is 1. The van der Waals surface area contributed by atoms with Gasteiger partial charge in [0.1, 0.15) is 5.82 Å². The number of nitrogens with two attached hydrogens (primary N) is 1. The molecule has 0 saturated carbocycles. The maximum Gasteiger partial charge on any atom is 0.341 e. The molecule has 0 heterocycles. The van der Waals surface area contributed by atoms with E-state index in [0.29, 0.717) is 6.54 Å². The second-order valence-corrected chi connectivity index (χ2v) is 3.72. The van der Waals surface area contributed by atoms with Gasteiger partial charge in [0.15, 0.2) is 6.61 Å². The van der Waals surface area contributed by atoms with Crippen molar-refractivity contribution in [3.63, 3.8) is 0 Å². The van der Waals surface area contributed by atoms with Crippen LogP contribution in [0.25, 0.3) is 0 Å². The smallest absolute Gasteiger partial charge is 0.341 e. The molecule has 0 radical (unpaired) electrons. The van der Waals surface area contributed by atoms with Crippen molar-refractivity contribution in [2.24, 2.45) is 0 Å². The van der Waals surface area contributed by atoms with Crippen LogP contribution in [0.3, 0.4) is 0 Å². The first-order valence-electron chi connectivity index (χ1n) is 5.41. The maximum absolute atomic E-state index is 13.3. The predicted octanol–water partition coefficient (Wildman–Crippen LogP) is 1.04. The molecule has 98 valence electrons. The number of rotatable bonds is 4. The highest BCUT2D eigenvalue weighted by Crippen LogP contribution is 2.13. The Morgan fingerprint density at radius 3 is 2.72 bits per heavy atom. The van der Waals surface area contributed by atoms with E-state index in [1.165, 1.54) is 17.0 Å². The van der Waals surface area contributed by atoms with Gasteiger partial charge >= 0.3 is 5.97 Å². The highest BCUT2D eigenvalue weighted by Gasteiger charge is 2.16. The third-order valence-corrected chi connectivity index (χ3v) is 2.44. The number of carbonyl (C=O) groups is 2. The summed E-state index contributed by atoms with van der Waals surface area (Å²) in [6.07, 6.45) is 0. The van der Waals surface area contributed by atoms with Gasteiger partial charge in [-0.3, -0.25) is 4.79 Å². The Morgan fingerprint density at radius 2 is 2.11 bits per heavy atom. The van der Waals surface area contributed by atoms with E-state index in [-0.39, 0.29) is 17.2 Å². The molecular weight excluding hydrogens is 239 g/mol. The molecule has 0 aromatic heterocycles. The lowest BCUT2D eigenvalue weighted by molar-refractivity contribution is -0.133. The standard InChI is InChI=1S/C12H15FN2O3/c1-3-15(2)11(16)7-18-12(17)9-6-8(14)4-5-10(9)13/h4-6H,3,7,14H2,1-2H3. The molecule has 0 aliphatic carbocycles. The van der Waals surface area contributed by atoms with E-state index in [9.17, 15) is 14.0 Å². The minimum absolute atomic E-state index is 0.250. The van der Waals surface area contributed by atoms with Crippen molar-refractivity contribution in [3.8, 4) is 0 Å². The number of benzene rings is 1. The molecule has 0 unspecified atom stereocenters. The number of anilines is 1. The topological polar surface area (TPSA) is 72.6 Å². The third kappa shape index (κ3) is 3.44. The summed E-state index contributed by atoms with van der Waals surface area (Å²) in [5.41, 5.74) is 5.42. The normalized spacial score (nSPS) is 9.94. The van der Waals surface area contributed by atoms with Crippen molar-refractivity contribution in [3.05, 3.63) is 29.6 Å². The van der Waals surface area contributed by atoms with Gasteiger partial charge in [0.25, 0.3) is 5.91 Å². The molecular formula is C12H15FN2O3. The molecule has 0 aliphatic rings. The Bertz CT molecular complexity index is 463. The van der Waals surface area contributed by atoms with Crippen LogP contribution in [0.4, 0.5) is 10.1 Å². The summed E-state index contributed by atoms with van der Waals surface area (Å²) in [5.74, 6) is -1.99. The molecule has 0 spiro atoms. The van der Waals surface area contributed by atoms with E-state index in [0.717, 1.165) is 6.07 Å². The monoisotopic (exact) mass is 254 g/mol. The van der Waals surface area contributed by atoms with Crippen molar-refractivity contribution in [1.82, 2.24) is 4.90 Å². The Balaban J connectivity index is 2.66. The highest BCUT2D eigenvalue weighted by atomic mass is 19.1. The quantitative estimate of drug-likeness (QED) is 0.643. The highest BCUT2D eigenvalue weighted by molar-refractivity contribution is 5.92. The van der Waals surface area contributed by atoms with Gasteiger partial charge < -0.3 is 15.4 Å². The van der Waals surface area contributed by atoms with Crippen molar-refractivity contribution >= 4 is 17.6 Å². The lowest BCUT2D eigenvalue weighted by Gasteiger charge is -2.14. The summed E-state index contributed by atoms with van der Waals surface area (Å²) in [7, 11) is 1.58. The largest absolute Gasteiger partial charge is 0.452 e. The van der Waals surface area contributed by atoms with Gasteiger partial charge in [-0.05, 0) is 25.1 Å². The van der Waals surface area contributed by atoms with Gasteiger partial charge in [-0.2, -0.15) is 0 Å².